The second-order valence-electron chi connectivity index (χ2n) is 6.77. The highest BCUT2D eigenvalue weighted by molar-refractivity contribution is 6.46. The molecule has 1 unspecified atom stereocenters. The number of benzene rings is 2. The predicted molar refractivity (Wildman–Crippen MR) is 106 cm³/mol. The minimum atomic E-state index is -0.846. The topological polar surface area (TPSA) is 80.0 Å². The summed E-state index contributed by atoms with van der Waals surface area (Å²) in [6, 6.07) is 15.2. The van der Waals surface area contributed by atoms with Gasteiger partial charge in [-0.1, -0.05) is 30.3 Å². The number of ether oxygens (including phenoxy) is 1. The van der Waals surface area contributed by atoms with Crippen LogP contribution in [0.3, 0.4) is 0 Å². The molecule has 0 bridgehead atoms. The van der Waals surface area contributed by atoms with Crippen LogP contribution in [-0.2, 0) is 16.1 Å². The minimum absolute atomic E-state index is 0.00410. The summed E-state index contributed by atoms with van der Waals surface area (Å²) in [7, 11) is 1.33. The molecule has 1 atom stereocenters. The number of amides is 1. The van der Waals surface area contributed by atoms with Gasteiger partial charge in [-0.2, -0.15) is 0 Å². The highest BCUT2D eigenvalue weighted by Gasteiger charge is 2.46. The molecule has 2 heterocycles. The molecule has 0 saturated carbocycles. The fourth-order valence-corrected chi connectivity index (χ4v) is 3.56. The zero-order valence-corrected chi connectivity index (χ0v) is 16.0. The summed E-state index contributed by atoms with van der Waals surface area (Å²) in [6.07, 6.45) is 1.48. The van der Waals surface area contributed by atoms with Gasteiger partial charge in [0.15, 0.2) is 11.6 Å². The van der Waals surface area contributed by atoms with E-state index in [1.807, 2.05) is 0 Å². The molecule has 4 rings (SSSR count). The van der Waals surface area contributed by atoms with E-state index in [9.17, 15) is 19.1 Å². The van der Waals surface area contributed by atoms with Crippen molar-refractivity contribution in [3.8, 4) is 5.75 Å². The first-order chi connectivity index (χ1) is 14.5. The molecule has 1 fully saturated rings. The molecule has 30 heavy (non-hydrogen) atoms. The van der Waals surface area contributed by atoms with Gasteiger partial charge >= 0.3 is 0 Å². The van der Waals surface area contributed by atoms with E-state index >= 15 is 0 Å². The van der Waals surface area contributed by atoms with Gasteiger partial charge < -0.3 is 19.2 Å². The van der Waals surface area contributed by atoms with Gasteiger partial charge in [-0.15, -0.1) is 0 Å². The van der Waals surface area contributed by atoms with Crippen LogP contribution in [0.15, 0.2) is 76.9 Å². The van der Waals surface area contributed by atoms with Crippen LogP contribution in [0.2, 0.25) is 0 Å². The third kappa shape index (κ3) is 3.34. The van der Waals surface area contributed by atoms with Crippen molar-refractivity contribution in [2.24, 2.45) is 0 Å². The number of hydrogen-bond acceptors (Lipinski definition) is 5. The van der Waals surface area contributed by atoms with Crippen molar-refractivity contribution in [3.63, 3.8) is 0 Å². The van der Waals surface area contributed by atoms with E-state index in [1.165, 1.54) is 30.4 Å². The third-order valence-electron chi connectivity index (χ3n) is 4.99. The van der Waals surface area contributed by atoms with Crippen molar-refractivity contribution in [2.45, 2.75) is 12.6 Å². The van der Waals surface area contributed by atoms with E-state index in [-0.39, 0.29) is 23.4 Å². The molecule has 1 aliphatic rings. The molecular weight excluding hydrogens is 389 g/mol. The predicted octanol–water partition coefficient (Wildman–Crippen LogP) is 4.05. The molecule has 152 valence electrons. The lowest BCUT2D eigenvalue weighted by Crippen LogP contribution is -2.29. The highest BCUT2D eigenvalue weighted by Crippen LogP contribution is 2.40. The van der Waals surface area contributed by atoms with Crippen LogP contribution in [0, 0.1) is 5.82 Å². The Hall–Kier alpha value is -3.87. The zero-order chi connectivity index (χ0) is 21.3. The van der Waals surface area contributed by atoms with E-state index in [0.717, 1.165) is 6.07 Å². The van der Waals surface area contributed by atoms with Crippen LogP contribution in [0.5, 0.6) is 5.75 Å². The average Bonchev–Trinajstić information content (AvgIpc) is 3.36. The van der Waals surface area contributed by atoms with E-state index in [0.29, 0.717) is 11.3 Å². The van der Waals surface area contributed by atoms with E-state index in [2.05, 4.69) is 0 Å². The van der Waals surface area contributed by atoms with E-state index in [1.54, 1.807) is 42.5 Å². The highest BCUT2D eigenvalue weighted by atomic mass is 19.1. The second-order valence-corrected chi connectivity index (χ2v) is 6.77. The lowest BCUT2D eigenvalue weighted by molar-refractivity contribution is -0.140. The normalized spacial score (nSPS) is 18.1. The van der Waals surface area contributed by atoms with Gasteiger partial charge in [0.2, 0.25) is 0 Å². The van der Waals surface area contributed by atoms with Gasteiger partial charge in [-0.05, 0) is 35.9 Å². The molecule has 7 heteroatoms. The third-order valence-corrected chi connectivity index (χ3v) is 4.99. The monoisotopic (exact) mass is 407 g/mol. The van der Waals surface area contributed by atoms with Crippen molar-refractivity contribution in [2.75, 3.05) is 7.11 Å². The number of halogens is 1. The SMILES string of the molecule is COc1ccc(C(O)=C2C(=O)C(=O)N(Cc3ccco3)C2c2ccccc2)cc1F. The number of ketones is 1. The van der Waals surface area contributed by atoms with Crippen molar-refractivity contribution >= 4 is 17.4 Å². The van der Waals surface area contributed by atoms with Gasteiger partial charge in [0, 0.05) is 5.56 Å². The fourth-order valence-electron chi connectivity index (χ4n) is 3.56. The Kier molecular flexibility index (Phi) is 5.10. The van der Waals surface area contributed by atoms with Crippen LogP contribution in [0.25, 0.3) is 5.76 Å². The molecule has 6 nitrogen and oxygen atoms in total. The standard InChI is InChI=1S/C23H18FNO5/c1-29-18-10-9-15(12-17(18)24)21(26)19-20(14-6-3-2-4-7-14)25(23(28)22(19)27)13-16-8-5-11-30-16/h2-12,20,26H,13H2,1H3. The first-order valence-corrected chi connectivity index (χ1v) is 9.21. The number of hydrogen-bond donors (Lipinski definition) is 1. The summed E-state index contributed by atoms with van der Waals surface area (Å²) in [6.45, 7) is 0.0465. The molecule has 0 aliphatic carbocycles. The Bertz CT molecular complexity index is 1120. The number of aliphatic hydroxyl groups excluding tert-OH is 1. The Morgan fingerprint density at radius 3 is 2.53 bits per heavy atom. The number of carbonyl (C=O) groups is 2. The van der Waals surface area contributed by atoms with Crippen LogP contribution in [-0.4, -0.2) is 28.8 Å². The summed E-state index contributed by atoms with van der Waals surface area (Å²) in [5.74, 6) is -2.26. The summed E-state index contributed by atoms with van der Waals surface area (Å²) < 4.78 is 24.4. The number of methoxy groups -OCH3 is 1. The number of carbonyl (C=O) groups excluding carboxylic acids is 2. The maximum Gasteiger partial charge on any atom is 0.296 e. The maximum absolute atomic E-state index is 14.2. The van der Waals surface area contributed by atoms with E-state index in [4.69, 9.17) is 9.15 Å². The average molecular weight is 407 g/mol. The van der Waals surface area contributed by atoms with Crippen LogP contribution in [0.4, 0.5) is 4.39 Å². The Labute approximate surface area is 171 Å². The van der Waals surface area contributed by atoms with Crippen molar-refractivity contribution in [1.82, 2.24) is 4.90 Å². The largest absolute Gasteiger partial charge is 0.507 e. The summed E-state index contributed by atoms with van der Waals surface area (Å²) in [5, 5.41) is 10.9. The molecule has 0 radical (unpaired) electrons. The summed E-state index contributed by atoms with van der Waals surface area (Å²) >= 11 is 0. The molecule has 0 spiro atoms. The van der Waals surface area contributed by atoms with Crippen molar-refractivity contribution in [1.29, 1.82) is 0 Å². The lowest BCUT2D eigenvalue weighted by atomic mass is 9.95. The quantitative estimate of drug-likeness (QED) is 0.392. The second kappa shape index (κ2) is 7.87. The lowest BCUT2D eigenvalue weighted by Gasteiger charge is -2.24. The first-order valence-electron chi connectivity index (χ1n) is 9.21. The molecule has 1 aliphatic heterocycles. The van der Waals surface area contributed by atoms with Crippen molar-refractivity contribution in [3.05, 3.63) is 95.2 Å². The Morgan fingerprint density at radius 1 is 1.13 bits per heavy atom. The minimum Gasteiger partial charge on any atom is -0.507 e. The molecule has 1 N–H and O–H groups in total. The number of Topliss-reactive ketones (excluding diaryl/α,β-unsaturated/α-hetero) is 1. The molecule has 1 amide bonds. The summed E-state index contributed by atoms with van der Waals surface area (Å²) in [5.41, 5.74) is 0.603. The first kappa shape index (κ1) is 19.4. The maximum atomic E-state index is 14.2. The van der Waals surface area contributed by atoms with Gasteiger partial charge in [-0.3, -0.25) is 9.59 Å². The van der Waals surface area contributed by atoms with Gasteiger partial charge in [0.1, 0.15) is 11.5 Å². The smallest absolute Gasteiger partial charge is 0.296 e. The molecule has 1 saturated heterocycles. The van der Waals surface area contributed by atoms with Crippen LogP contribution < -0.4 is 4.74 Å². The molecule has 2 aromatic carbocycles. The van der Waals surface area contributed by atoms with Gasteiger partial charge in [-0.25, -0.2) is 4.39 Å². The molecule has 1 aromatic heterocycles. The van der Waals surface area contributed by atoms with Crippen molar-refractivity contribution < 1.29 is 28.2 Å². The zero-order valence-electron chi connectivity index (χ0n) is 16.0. The number of aliphatic hydroxyl groups is 1. The van der Waals surface area contributed by atoms with Crippen LogP contribution in [0.1, 0.15) is 22.9 Å². The number of rotatable bonds is 5. The van der Waals surface area contributed by atoms with Gasteiger partial charge in [0.05, 0.1) is 31.5 Å². The van der Waals surface area contributed by atoms with Gasteiger partial charge in [0.25, 0.3) is 11.7 Å². The molecule has 3 aromatic rings. The summed E-state index contributed by atoms with van der Waals surface area (Å²) in [4.78, 5) is 27.1. The number of nitrogens with zero attached hydrogens (tertiary/aromatic N) is 1. The molecular formula is C23H18FNO5. The fraction of sp³-hybridized carbons (Fsp3) is 0.130. The Balaban J connectivity index is 1.85. The van der Waals surface area contributed by atoms with Crippen LogP contribution >= 0.6 is 0 Å². The van der Waals surface area contributed by atoms with E-state index < -0.39 is 29.3 Å². The number of likely N-dealkylation sites (tertiary alicyclic amines) is 1. The number of furan rings is 1. The Morgan fingerprint density at radius 2 is 1.90 bits per heavy atom.